The first-order valence-corrected chi connectivity index (χ1v) is 13.5. The fourth-order valence-corrected chi connectivity index (χ4v) is 6.46. The van der Waals surface area contributed by atoms with Gasteiger partial charge in [-0.25, -0.2) is 8.42 Å². The number of carbonyl (C=O) groups excluding carboxylic acids is 1. The molecular weight excluding hydrogens is 460 g/mol. The molecular formula is C23H26N4O4S2. The van der Waals surface area contributed by atoms with E-state index >= 15 is 0 Å². The van der Waals surface area contributed by atoms with Crippen molar-refractivity contribution in [3.8, 4) is 11.4 Å². The van der Waals surface area contributed by atoms with Crippen molar-refractivity contribution in [2.45, 2.75) is 50.0 Å². The third-order valence-corrected chi connectivity index (χ3v) is 9.19. The van der Waals surface area contributed by atoms with Gasteiger partial charge in [-0.3, -0.25) is 4.79 Å². The highest BCUT2D eigenvalue weighted by Gasteiger charge is 2.34. The predicted octanol–water partition coefficient (Wildman–Crippen LogP) is 3.70. The van der Waals surface area contributed by atoms with Gasteiger partial charge in [-0.2, -0.15) is 9.29 Å². The fraction of sp³-hybridized carbons (Fsp3) is 0.435. The van der Waals surface area contributed by atoms with Crippen molar-refractivity contribution in [1.82, 2.24) is 19.8 Å². The number of hydrogen-bond acceptors (Lipinski definition) is 7. The average molecular weight is 487 g/mol. The molecule has 1 amide bonds. The number of aromatic nitrogens is 2. The lowest BCUT2D eigenvalue weighted by molar-refractivity contribution is -0.126. The number of benzene rings is 1. The number of nitrogens with zero attached hydrogens (tertiary/aromatic N) is 3. The second-order valence-electron chi connectivity index (χ2n) is 8.69. The largest absolute Gasteiger partial charge is 0.351 e. The molecule has 2 fully saturated rings. The summed E-state index contributed by atoms with van der Waals surface area (Å²) in [6.45, 7) is 2.93. The molecule has 5 rings (SSSR count). The van der Waals surface area contributed by atoms with Gasteiger partial charge in [0.25, 0.3) is 0 Å². The van der Waals surface area contributed by atoms with Gasteiger partial charge in [-0.15, -0.1) is 11.3 Å². The smallest absolute Gasteiger partial charge is 0.243 e. The highest BCUT2D eigenvalue weighted by molar-refractivity contribution is 7.89. The van der Waals surface area contributed by atoms with Crippen LogP contribution < -0.4 is 5.32 Å². The van der Waals surface area contributed by atoms with Gasteiger partial charge in [0.1, 0.15) is 0 Å². The van der Waals surface area contributed by atoms with Crippen LogP contribution in [0.4, 0.5) is 0 Å². The first kappa shape index (κ1) is 22.2. The van der Waals surface area contributed by atoms with Crippen molar-refractivity contribution in [2.75, 3.05) is 13.1 Å². The van der Waals surface area contributed by atoms with Crippen LogP contribution in [0.1, 0.15) is 47.9 Å². The van der Waals surface area contributed by atoms with E-state index in [0.29, 0.717) is 61.2 Å². The Morgan fingerprint density at radius 2 is 2.00 bits per heavy atom. The maximum atomic E-state index is 13.4. The predicted molar refractivity (Wildman–Crippen MR) is 124 cm³/mol. The van der Waals surface area contributed by atoms with Crippen LogP contribution in [-0.2, 0) is 21.4 Å². The lowest BCUT2D eigenvalue weighted by atomic mass is 9.97. The molecule has 1 N–H and O–H groups in total. The number of sulfonamides is 1. The molecule has 3 aromatic rings. The van der Waals surface area contributed by atoms with Crippen LogP contribution in [0.25, 0.3) is 11.4 Å². The standard InChI is InChI=1S/C23H26N4O4S2/c1-15-4-5-18(21-25-23(31-26-21)17-6-7-17)13-20(15)33(29,30)27-10-8-16(9-11-27)22(28)24-14-19-3-2-12-32-19/h2-5,12-13,16-17H,6-11,14H2,1H3,(H,24,28). The van der Waals surface area contributed by atoms with Gasteiger partial charge in [-0.1, -0.05) is 23.4 Å². The quantitative estimate of drug-likeness (QED) is 0.546. The Morgan fingerprint density at radius 3 is 2.70 bits per heavy atom. The maximum Gasteiger partial charge on any atom is 0.243 e. The maximum absolute atomic E-state index is 13.4. The summed E-state index contributed by atoms with van der Waals surface area (Å²) in [5.41, 5.74) is 1.29. The van der Waals surface area contributed by atoms with E-state index < -0.39 is 10.0 Å². The molecule has 1 aliphatic carbocycles. The number of rotatable bonds is 7. The van der Waals surface area contributed by atoms with E-state index in [4.69, 9.17) is 4.52 Å². The topological polar surface area (TPSA) is 105 Å². The third kappa shape index (κ3) is 4.73. The molecule has 33 heavy (non-hydrogen) atoms. The Labute approximate surface area is 197 Å². The Bertz CT molecular complexity index is 1240. The zero-order valence-electron chi connectivity index (χ0n) is 18.4. The molecule has 0 bridgehead atoms. The lowest BCUT2D eigenvalue weighted by Gasteiger charge is -2.31. The number of thiophene rings is 1. The molecule has 3 heterocycles. The van der Waals surface area contributed by atoms with Crippen molar-refractivity contribution in [3.63, 3.8) is 0 Å². The van der Waals surface area contributed by atoms with E-state index in [0.717, 1.165) is 17.7 Å². The third-order valence-electron chi connectivity index (χ3n) is 6.27. The van der Waals surface area contributed by atoms with Crippen molar-refractivity contribution in [2.24, 2.45) is 5.92 Å². The highest BCUT2D eigenvalue weighted by atomic mass is 32.2. The summed E-state index contributed by atoms with van der Waals surface area (Å²) in [5, 5.41) is 8.99. The van der Waals surface area contributed by atoms with E-state index in [-0.39, 0.29) is 16.7 Å². The molecule has 8 nitrogen and oxygen atoms in total. The van der Waals surface area contributed by atoms with Gasteiger partial charge in [0.05, 0.1) is 11.4 Å². The number of aryl methyl sites for hydroxylation is 1. The van der Waals surface area contributed by atoms with Gasteiger partial charge in [0.15, 0.2) is 0 Å². The molecule has 0 radical (unpaired) electrons. The average Bonchev–Trinajstić information content (AvgIpc) is 3.32. The van der Waals surface area contributed by atoms with E-state index in [9.17, 15) is 13.2 Å². The molecule has 2 aliphatic rings. The second kappa shape index (κ2) is 9.00. The molecule has 2 aromatic heterocycles. The summed E-state index contributed by atoms with van der Waals surface area (Å²) in [7, 11) is -3.70. The zero-order valence-corrected chi connectivity index (χ0v) is 20.0. The molecule has 1 aliphatic heterocycles. The number of nitrogens with one attached hydrogen (secondary N) is 1. The molecule has 1 saturated heterocycles. The normalized spacial score (nSPS) is 17.8. The number of amides is 1. The van der Waals surface area contributed by atoms with Crippen LogP contribution in [0.15, 0.2) is 45.1 Å². The van der Waals surface area contributed by atoms with E-state index in [1.807, 2.05) is 23.6 Å². The summed E-state index contributed by atoms with van der Waals surface area (Å²) >= 11 is 1.60. The molecule has 0 atom stereocenters. The monoisotopic (exact) mass is 486 g/mol. The lowest BCUT2D eigenvalue weighted by Crippen LogP contribution is -2.43. The Balaban J connectivity index is 1.26. The highest BCUT2D eigenvalue weighted by Crippen LogP contribution is 2.39. The van der Waals surface area contributed by atoms with Gasteiger partial charge < -0.3 is 9.84 Å². The summed E-state index contributed by atoms with van der Waals surface area (Å²) < 4.78 is 33.7. The van der Waals surface area contributed by atoms with E-state index in [1.165, 1.54) is 4.31 Å². The summed E-state index contributed by atoms with van der Waals surface area (Å²) in [6, 6.07) is 9.17. The Hall–Kier alpha value is -2.56. The number of piperidine rings is 1. The van der Waals surface area contributed by atoms with Crippen molar-refractivity contribution in [1.29, 1.82) is 0 Å². The molecule has 174 valence electrons. The van der Waals surface area contributed by atoms with Crippen LogP contribution in [0.3, 0.4) is 0 Å². The minimum atomic E-state index is -3.70. The minimum absolute atomic E-state index is 0.0119. The first-order valence-electron chi connectivity index (χ1n) is 11.2. The van der Waals surface area contributed by atoms with Gasteiger partial charge in [-0.05, 0) is 55.7 Å². The van der Waals surface area contributed by atoms with E-state index in [1.54, 1.807) is 30.4 Å². The summed E-state index contributed by atoms with van der Waals surface area (Å²) in [4.78, 5) is 18.3. The zero-order chi connectivity index (χ0) is 23.0. The second-order valence-corrected chi connectivity index (χ2v) is 11.6. The van der Waals surface area contributed by atoms with Crippen molar-refractivity contribution >= 4 is 27.3 Å². The number of carbonyl (C=O) groups is 1. The Kier molecular flexibility index (Phi) is 6.07. The summed E-state index contributed by atoms with van der Waals surface area (Å²) in [6.07, 6.45) is 3.11. The molecule has 1 aromatic carbocycles. The molecule has 0 spiro atoms. The number of hydrogen-bond donors (Lipinski definition) is 1. The fourth-order valence-electron chi connectivity index (χ4n) is 4.09. The molecule has 10 heteroatoms. The molecule has 1 saturated carbocycles. The Morgan fingerprint density at radius 1 is 1.21 bits per heavy atom. The minimum Gasteiger partial charge on any atom is -0.351 e. The van der Waals surface area contributed by atoms with Crippen LogP contribution in [0, 0.1) is 12.8 Å². The van der Waals surface area contributed by atoms with Gasteiger partial charge in [0, 0.05) is 35.4 Å². The first-order chi connectivity index (χ1) is 15.9. The summed E-state index contributed by atoms with van der Waals surface area (Å²) in [5.74, 6) is 1.18. The van der Waals surface area contributed by atoms with E-state index in [2.05, 4.69) is 15.5 Å². The van der Waals surface area contributed by atoms with Crippen LogP contribution in [0.2, 0.25) is 0 Å². The van der Waals surface area contributed by atoms with Crippen LogP contribution in [0.5, 0.6) is 0 Å². The SMILES string of the molecule is Cc1ccc(-c2noc(C3CC3)n2)cc1S(=O)(=O)N1CCC(C(=O)NCc2cccs2)CC1. The van der Waals surface area contributed by atoms with Gasteiger partial charge in [0.2, 0.25) is 27.6 Å². The van der Waals surface area contributed by atoms with Gasteiger partial charge >= 0.3 is 0 Å². The van der Waals surface area contributed by atoms with Crippen LogP contribution >= 0.6 is 11.3 Å². The van der Waals surface area contributed by atoms with Crippen molar-refractivity contribution < 1.29 is 17.7 Å². The molecule has 0 unspecified atom stereocenters. The van der Waals surface area contributed by atoms with Crippen molar-refractivity contribution in [3.05, 3.63) is 52.0 Å². The van der Waals surface area contributed by atoms with Crippen LogP contribution in [-0.4, -0.2) is 41.9 Å².